The van der Waals surface area contributed by atoms with Gasteiger partial charge >= 0.3 is 0 Å². The van der Waals surface area contributed by atoms with Crippen molar-refractivity contribution in [3.63, 3.8) is 0 Å². The molecule has 0 aliphatic rings. The van der Waals surface area contributed by atoms with Crippen LogP contribution in [0.4, 0.5) is 0 Å². The maximum absolute atomic E-state index is 9.13. The van der Waals surface area contributed by atoms with Crippen LogP contribution in [0.5, 0.6) is 11.5 Å². The van der Waals surface area contributed by atoms with Gasteiger partial charge in [0.05, 0.1) is 31.0 Å². The molecule has 1 rings (SSSR count). The van der Waals surface area contributed by atoms with Crippen LogP contribution in [0.25, 0.3) is 0 Å². The van der Waals surface area contributed by atoms with Crippen molar-refractivity contribution in [3.8, 4) is 17.6 Å². The number of hydrogen-bond donors (Lipinski definition) is 1. The van der Waals surface area contributed by atoms with Crippen LogP contribution >= 0.6 is 0 Å². The first-order valence-electron chi connectivity index (χ1n) is 5.65. The Hall–Kier alpha value is -1.73. The summed E-state index contributed by atoms with van der Waals surface area (Å²) in [5, 5.41) is 17.9. The molecule has 4 nitrogen and oxygen atoms in total. The van der Waals surface area contributed by atoms with Crippen LogP contribution < -0.4 is 9.47 Å². The third-order valence-electron chi connectivity index (χ3n) is 2.17. The first kappa shape index (κ1) is 13.3. The van der Waals surface area contributed by atoms with E-state index in [1.165, 1.54) is 0 Å². The molecule has 4 heteroatoms. The fourth-order valence-electron chi connectivity index (χ4n) is 1.30. The highest BCUT2D eigenvalue weighted by molar-refractivity contribution is 5.46. The van der Waals surface area contributed by atoms with Gasteiger partial charge in [-0.15, -0.1) is 0 Å². The van der Waals surface area contributed by atoms with Crippen LogP contribution in [-0.2, 0) is 0 Å². The Morgan fingerprint density at radius 2 is 2.12 bits per heavy atom. The summed E-state index contributed by atoms with van der Waals surface area (Å²) in [5.41, 5.74) is 0.538. The van der Waals surface area contributed by atoms with E-state index in [2.05, 4.69) is 6.07 Å². The Kier molecular flexibility index (Phi) is 5.31. The standard InChI is InChI=1S/C13H17NO3/c1-3-16-13-8-11(9-14)4-5-12(13)17-7-6-10(2)15/h4-5,8,10,15H,3,6-7H2,1-2H3/t10-/m1/s1. The lowest BCUT2D eigenvalue weighted by Crippen LogP contribution is -2.08. The highest BCUT2D eigenvalue weighted by Gasteiger charge is 2.06. The van der Waals surface area contributed by atoms with E-state index in [4.69, 9.17) is 19.8 Å². The van der Waals surface area contributed by atoms with Gasteiger partial charge in [0, 0.05) is 12.5 Å². The molecule has 1 atom stereocenters. The van der Waals surface area contributed by atoms with E-state index in [9.17, 15) is 0 Å². The summed E-state index contributed by atoms with van der Waals surface area (Å²) in [7, 11) is 0. The van der Waals surface area contributed by atoms with Crippen molar-refractivity contribution in [2.45, 2.75) is 26.4 Å². The highest BCUT2D eigenvalue weighted by Crippen LogP contribution is 2.28. The third kappa shape index (κ3) is 4.33. The Bertz CT molecular complexity index is 396. The predicted molar refractivity (Wildman–Crippen MR) is 64.1 cm³/mol. The summed E-state index contributed by atoms with van der Waals surface area (Å²) in [6.45, 7) is 4.52. The van der Waals surface area contributed by atoms with Crippen LogP contribution in [0.2, 0.25) is 0 Å². The first-order valence-corrected chi connectivity index (χ1v) is 5.65. The Labute approximate surface area is 101 Å². The summed E-state index contributed by atoms with van der Waals surface area (Å²) < 4.78 is 10.9. The summed E-state index contributed by atoms with van der Waals surface area (Å²) in [6.07, 6.45) is 0.176. The molecule has 0 saturated carbocycles. The number of aliphatic hydroxyl groups is 1. The van der Waals surface area contributed by atoms with E-state index in [0.29, 0.717) is 36.7 Å². The number of aliphatic hydroxyl groups excluding tert-OH is 1. The van der Waals surface area contributed by atoms with Gasteiger partial charge in [-0.3, -0.25) is 0 Å². The zero-order valence-corrected chi connectivity index (χ0v) is 10.1. The molecule has 0 spiro atoms. The van der Waals surface area contributed by atoms with Crippen LogP contribution in [-0.4, -0.2) is 24.4 Å². The minimum absolute atomic E-state index is 0.385. The van der Waals surface area contributed by atoms with Gasteiger partial charge in [0.25, 0.3) is 0 Å². The third-order valence-corrected chi connectivity index (χ3v) is 2.17. The molecule has 0 bridgehead atoms. The molecule has 0 aliphatic carbocycles. The number of rotatable bonds is 6. The molecule has 0 saturated heterocycles. The van der Waals surface area contributed by atoms with Gasteiger partial charge in [-0.2, -0.15) is 5.26 Å². The topological polar surface area (TPSA) is 62.5 Å². The average molecular weight is 235 g/mol. The Morgan fingerprint density at radius 1 is 1.35 bits per heavy atom. The van der Waals surface area contributed by atoms with Crippen molar-refractivity contribution >= 4 is 0 Å². The van der Waals surface area contributed by atoms with Crippen molar-refractivity contribution in [1.82, 2.24) is 0 Å². The minimum atomic E-state index is -0.385. The molecule has 17 heavy (non-hydrogen) atoms. The van der Waals surface area contributed by atoms with Crippen molar-refractivity contribution in [1.29, 1.82) is 5.26 Å². The molecular formula is C13H17NO3. The van der Waals surface area contributed by atoms with Crippen molar-refractivity contribution in [2.24, 2.45) is 0 Å². The van der Waals surface area contributed by atoms with Gasteiger partial charge in [0.2, 0.25) is 0 Å². The van der Waals surface area contributed by atoms with Gasteiger partial charge in [-0.05, 0) is 26.0 Å². The Balaban J connectivity index is 2.72. The van der Waals surface area contributed by atoms with Crippen LogP contribution in [0.3, 0.4) is 0 Å². The quantitative estimate of drug-likeness (QED) is 0.820. The normalized spacial score (nSPS) is 11.6. The molecule has 0 radical (unpaired) electrons. The fourth-order valence-corrected chi connectivity index (χ4v) is 1.30. The van der Waals surface area contributed by atoms with Crippen LogP contribution in [0, 0.1) is 11.3 Å². The second kappa shape index (κ2) is 6.77. The monoisotopic (exact) mass is 235 g/mol. The number of hydrogen-bond acceptors (Lipinski definition) is 4. The molecule has 0 fully saturated rings. The smallest absolute Gasteiger partial charge is 0.162 e. The van der Waals surface area contributed by atoms with E-state index >= 15 is 0 Å². The fraction of sp³-hybridized carbons (Fsp3) is 0.462. The second-order valence-electron chi connectivity index (χ2n) is 3.69. The molecule has 92 valence electrons. The number of nitriles is 1. The van der Waals surface area contributed by atoms with Crippen molar-refractivity contribution in [2.75, 3.05) is 13.2 Å². The first-order chi connectivity index (χ1) is 8.17. The second-order valence-corrected chi connectivity index (χ2v) is 3.69. The summed E-state index contributed by atoms with van der Waals surface area (Å²) in [6, 6.07) is 7.10. The summed E-state index contributed by atoms with van der Waals surface area (Å²) >= 11 is 0. The van der Waals surface area contributed by atoms with Gasteiger partial charge in [-0.1, -0.05) is 0 Å². The average Bonchev–Trinajstić information content (AvgIpc) is 2.31. The molecule has 0 aliphatic heterocycles. The van der Waals surface area contributed by atoms with Gasteiger partial charge < -0.3 is 14.6 Å². The molecule has 0 unspecified atom stereocenters. The molecular weight excluding hydrogens is 218 g/mol. The summed E-state index contributed by atoms with van der Waals surface area (Å²) in [4.78, 5) is 0. The van der Waals surface area contributed by atoms with Gasteiger partial charge in [0.1, 0.15) is 0 Å². The molecule has 1 aromatic carbocycles. The van der Waals surface area contributed by atoms with Crippen molar-refractivity contribution < 1.29 is 14.6 Å². The van der Waals surface area contributed by atoms with E-state index < -0.39 is 0 Å². The number of benzene rings is 1. The van der Waals surface area contributed by atoms with E-state index in [-0.39, 0.29) is 6.10 Å². The zero-order valence-electron chi connectivity index (χ0n) is 10.1. The van der Waals surface area contributed by atoms with E-state index in [1.54, 1.807) is 25.1 Å². The lowest BCUT2D eigenvalue weighted by molar-refractivity contribution is 0.153. The highest BCUT2D eigenvalue weighted by atomic mass is 16.5. The summed E-state index contributed by atoms with van der Waals surface area (Å²) in [5.74, 6) is 1.17. The zero-order chi connectivity index (χ0) is 12.7. The van der Waals surface area contributed by atoms with Gasteiger partial charge in [-0.25, -0.2) is 0 Å². The molecule has 1 N–H and O–H groups in total. The van der Waals surface area contributed by atoms with Crippen molar-refractivity contribution in [3.05, 3.63) is 23.8 Å². The molecule has 0 aromatic heterocycles. The van der Waals surface area contributed by atoms with Gasteiger partial charge in [0.15, 0.2) is 11.5 Å². The number of nitrogens with zero attached hydrogens (tertiary/aromatic N) is 1. The van der Waals surface area contributed by atoms with E-state index in [0.717, 1.165) is 0 Å². The molecule has 0 heterocycles. The predicted octanol–water partition coefficient (Wildman–Crippen LogP) is 2.11. The van der Waals surface area contributed by atoms with Crippen LogP contribution in [0.1, 0.15) is 25.8 Å². The molecule has 1 aromatic rings. The van der Waals surface area contributed by atoms with E-state index in [1.807, 2.05) is 6.92 Å². The largest absolute Gasteiger partial charge is 0.490 e. The SMILES string of the molecule is CCOc1cc(C#N)ccc1OCC[C@@H](C)O. The molecule has 0 amide bonds. The Morgan fingerprint density at radius 3 is 2.71 bits per heavy atom. The minimum Gasteiger partial charge on any atom is -0.490 e. The number of ether oxygens (including phenoxy) is 2. The lowest BCUT2D eigenvalue weighted by Gasteiger charge is -2.12. The maximum atomic E-state index is 9.13. The maximum Gasteiger partial charge on any atom is 0.162 e. The lowest BCUT2D eigenvalue weighted by atomic mass is 10.2. The van der Waals surface area contributed by atoms with Crippen LogP contribution in [0.15, 0.2) is 18.2 Å².